The summed E-state index contributed by atoms with van der Waals surface area (Å²) >= 11 is 0. The number of hydrogen-bond donors (Lipinski definition) is 6. The first-order valence-electron chi connectivity index (χ1n) is 12.4. The van der Waals surface area contributed by atoms with E-state index in [0.717, 1.165) is 5.69 Å². The summed E-state index contributed by atoms with van der Waals surface area (Å²) in [6.45, 7) is 2.87. The zero-order chi connectivity index (χ0) is 27.6. The van der Waals surface area contributed by atoms with Crippen LogP contribution in [0.4, 0.5) is 5.69 Å². The van der Waals surface area contributed by atoms with Gasteiger partial charge in [-0.3, -0.25) is 14.4 Å². The number of Topliss-reactive ketones (excluding diaryl/α,β-unsaturated/α-hetero) is 2. The number of benzene rings is 1. The maximum atomic E-state index is 13.9. The molecule has 3 aliphatic rings. The number of nitrogens with zero attached hydrogens (tertiary/aromatic N) is 2. The van der Waals surface area contributed by atoms with Crippen LogP contribution in [0.1, 0.15) is 34.8 Å². The highest BCUT2D eigenvalue weighted by Crippen LogP contribution is 2.53. The summed E-state index contributed by atoms with van der Waals surface area (Å²) in [5.41, 5.74) is 4.56. The predicted molar refractivity (Wildman–Crippen MR) is 135 cm³/mol. The Kier molecular flexibility index (Phi) is 6.87. The highest BCUT2D eigenvalue weighted by Gasteiger charge is 2.66. The highest BCUT2D eigenvalue weighted by atomic mass is 16.3. The van der Waals surface area contributed by atoms with Crippen LogP contribution in [0.25, 0.3) is 0 Å². The maximum Gasteiger partial charge on any atom is 0.230 e. The molecule has 7 N–H and O–H groups in total. The summed E-state index contributed by atoms with van der Waals surface area (Å²) in [6, 6.07) is 0.927. The number of phenolic OH excluding ortho intramolecular Hbond substituents is 1. The first kappa shape index (κ1) is 27.1. The van der Waals surface area contributed by atoms with Crippen LogP contribution in [0.15, 0.2) is 17.4 Å². The van der Waals surface area contributed by atoms with Gasteiger partial charge in [0.1, 0.15) is 17.4 Å². The molecule has 6 atom stereocenters. The van der Waals surface area contributed by atoms with Gasteiger partial charge in [0.05, 0.1) is 11.7 Å². The van der Waals surface area contributed by atoms with Crippen molar-refractivity contribution in [1.29, 1.82) is 0 Å². The number of nitrogens with one attached hydrogen (secondary N) is 1. The number of carbonyl (C=O) groups excluding carboxylic acids is 3. The average Bonchev–Trinajstić information content (AvgIpc) is 2.80. The number of nitrogens with two attached hydrogens (primary N) is 1. The van der Waals surface area contributed by atoms with Crippen LogP contribution in [0.2, 0.25) is 0 Å². The molecule has 0 spiro atoms. The lowest BCUT2D eigenvalue weighted by atomic mass is 9.56. The molecule has 37 heavy (non-hydrogen) atoms. The summed E-state index contributed by atoms with van der Waals surface area (Å²) in [7, 11) is 6.93. The number of hydrogen-bond acceptors (Lipinski definition) is 10. The number of allylic oxidation sites excluding steroid dienone is 1. The van der Waals surface area contributed by atoms with Crippen LogP contribution in [-0.4, -0.2) is 95.3 Å². The number of aromatic hydroxyl groups is 1. The number of fused-ring (bicyclic) bond motifs is 3. The number of primary amides is 1. The molecule has 0 saturated heterocycles. The van der Waals surface area contributed by atoms with Crippen molar-refractivity contribution in [2.24, 2.45) is 23.5 Å². The Labute approximate surface area is 215 Å². The van der Waals surface area contributed by atoms with E-state index in [4.69, 9.17) is 5.73 Å². The molecule has 0 bridgehead atoms. The molecule has 0 radical (unpaired) electrons. The summed E-state index contributed by atoms with van der Waals surface area (Å²) in [5, 5.41) is 48.4. The van der Waals surface area contributed by atoms with Crippen LogP contribution in [-0.2, 0) is 22.6 Å². The van der Waals surface area contributed by atoms with Crippen LogP contribution < -0.4 is 16.0 Å². The fourth-order valence-electron chi connectivity index (χ4n) is 6.50. The minimum Gasteiger partial charge on any atom is -0.508 e. The van der Waals surface area contributed by atoms with Crippen molar-refractivity contribution in [2.45, 2.75) is 44.1 Å². The quantitative estimate of drug-likeness (QED) is 0.269. The third-order valence-corrected chi connectivity index (χ3v) is 8.20. The normalized spacial score (nSPS) is 31.2. The second-order valence-corrected chi connectivity index (χ2v) is 10.7. The molecule has 0 heterocycles. The number of aliphatic hydroxyl groups excluding tert-OH is 2. The maximum absolute atomic E-state index is 13.9. The van der Waals surface area contributed by atoms with Crippen LogP contribution in [0, 0.1) is 17.8 Å². The number of amides is 1. The van der Waals surface area contributed by atoms with Gasteiger partial charge in [0, 0.05) is 49.4 Å². The zero-order valence-electron chi connectivity index (χ0n) is 21.8. The van der Waals surface area contributed by atoms with E-state index in [-0.39, 0.29) is 29.7 Å². The molecule has 1 aromatic rings. The molecule has 1 saturated carbocycles. The van der Waals surface area contributed by atoms with Crippen LogP contribution >= 0.6 is 0 Å². The van der Waals surface area contributed by atoms with Gasteiger partial charge in [0.15, 0.2) is 17.2 Å². The SMILES string of the molecule is CCNCc1cc(N(C)C)c2c(c1O)C(=O)C1=C(O)[C@]3(O)C(=O)C(C(N)=O)C(O)[C@@H](N(C)C)[C@@H]3C[C@@H]1C2. The second-order valence-electron chi connectivity index (χ2n) is 10.7. The minimum atomic E-state index is -2.59. The standard InChI is InChI=1S/C26H36N4O7/c1-6-28-10-12-9-15(29(2)3)13-7-11-8-14-19(30(4)5)22(33)18(25(27)36)24(35)26(14,37)23(34)16(11)21(32)17(13)20(12)31/h9,11,14,18-19,22,28,31,33-34,37H,6-8,10H2,1-5H3,(H2,27,36)/t11-,14-,18?,19-,22?,26-/m0/s1. The van der Waals surface area contributed by atoms with E-state index in [1.165, 1.54) is 0 Å². The van der Waals surface area contributed by atoms with E-state index in [1.807, 2.05) is 32.0 Å². The number of ketones is 2. The van der Waals surface area contributed by atoms with E-state index >= 15 is 0 Å². The van der Waals surface area contributed by atoms with Crippen molar-refractivity contribution in [1.82, 2.24) is 10.2 Å². The third kappa shape index (κ3) is 3.83. The van der Waals surface area contributed by atoms with Gasteiger partial charge in [-0.1, -0.05) is 6.92 Å². The lowest BCUT2D eigenvalue weighted by Gasteiger charge is -2.53. The minimum absolute atomic E-state index is 0.0258. The molecule has 11 nitrogen and oxygen atoms in total. The molecular weight excluding hydrogens is 480 g/mol. The fourth-order valence-corrected chi connectivity index (χ4v) is 6.50. The zero-order valence-corrected chi connectivity index (χ0v) is 21.8. The molecule has 4 rings (SSSR count). The first-order chi connectivity index (χ1) is 17.3. The molecule has 0 aliphatic heterocycles. The Hall–Kier alpha value is -2.99. The van der Waals surface area contributed by atoms with Crippen LogP contribution in [0.5, 0.6) is 5.75 Å². The van der Waals surface area contributed by atoms with E-state index in [9.17, 15) is 34.8 Å². The smallest absolute Gasteiger partial charge is 0.230 e. The molecule has 3 aliphatic carbocycles. The van der Waals surface area contributed by atoms with Gasteiger partial charge in [0.25, 0.3) is 0 Å². The number of rotatable bonds is 6. The predicted octanol–water partition coefficient (Wildman–Crippen LogP) is -0.539. The number of aliphatic hydroxyl groups is 3. The Balaban J connectivity index is 1.94. The second kappa shape index (κ2) is 9.39. The Morgan fingerprint density at radius 1 is 1.22 bits per heavy atom. The lowest BCUT2D eigenvalue weighted by molar-refractivity contribution is -0.178. The topological polar surface area (TPSA) is 177 Å². The number of likely N-dealkylation sites (N-methyl/N-ethyl adjacent to an activating group) is 1. The fraction of sp³-hybridized carbons (Fsp3) is 0.577. The number of phenols is 1. The molecule has 1 amide bonds. The van der Waals surface area contributed by atoms with Gasteiger partial charge in [-0.05, 0) is 51.0 Å². The largest absolute Gasteiger partial charge is 0.508 e. The van der Waals surface area contributed by atoms with E-state index in [0.29, 0.717) is 24.2 Å². The Morgan fingerprint density at radius 3 is 2.41 bits per heavy atom. The molecule has 11 heteroatoms. The summed E-state index contributed by atoms with van der Waals surface area (Å²) in [6.07, 6.45) is -1.15. The molecule has 2 unspecified atom stereocenters. The highest BCUT2D eigenvalue weighted by molar-refractivity contribution is 6.16. The van der Waals surface area contributed by atoms with Gasteiger partial charge >= 0.3 is 0 Å². The van der Waals surface area contributed by atoms with Gasteiger partial charge in [0.2, 0.25) is 5.91 Å². The van der Waals surface area contributed by atoms with Gasteiger partial charge < -0.3 is 41.3 Å². The van der Waals surface area contributed by atoms with Crippen molar-refractivity contribution in [2.75, 3.05) is 39.6 Å². The van der Waals surface area contributed by atoms with E-state index in [2.05, 4.69) is 5.32 Å². The Morgan fingerprint density at radius 2 is 1.86 bits per heavy atom. The summed E-state index contributed by atoms with van der Waals surface area (Å²) in [5.74, 6) is -7.34. The van der Waals surface area contributed by atoms with Crippen LogP contribution in [0.3, 0.4) is 0 Å². The summed E-state index contributed by atoms with van der Waals surface area (Å²) < 4.78 is 0. The molecule has 202 valence electrons. The van der Waals surface area contributed by atoms with E-state index in [1.54, 1.807) is 19.0 Å². The number of carbonyl (C=O) groups is 3. The molecular formula is C26H36N4O7. The van der Waals surface area contributed by atoms with Gasteiger partial charge in [-0.15, -0.1) is 0 Å². The monoisotopic (exact) mass is 516 g/mol. The Bertz CT molecular complexity index is 1190. The van der Waals surface area contributed by atoms with E-state index < -0.39 is 58.7 Å². The molecule has 1 aromatic carbocycles. The van der Waals surface area contributed by atoms with Crippen molar-refractivity contribution >= 4 is 23.2 Å². The average molecular weight is 517 g/mol. The van der Waals surface area contributed by atoms with Crippen molar-refractivity contribution in [3.63, 3.8) is 0 Å². The molecule has 0 aromatic heterocycles. The van der Waals surface area contributed by atoms with Gasteiger partial charge in [-0.25, -0.2) is 0 Å². The van der Waals surface area contributed by atoms with Crippen molar-refractivity contribution in [3.8, 4) is 5.75 Å². The van der Waals surface area contributed by atoms with Crippen molar-refractivity contribution in [3.05, 3.63) is 34.1 Å². The number of anilines is 1. The summed E-state index contributed by atoms with van der Waals surface area (Å²) in [4.78, 5) is 42.9. The van der Waals surface area contributed by atoms with Gasteiger partial charge in [-0.2, -0.15) is 0 Å². The van der Waals surface area contributed by atoms with Crippen molar-refractivity contribution < 1.29 is 34.8 Å². The molecule has 1 fully saturated rings. The third-order valence-electron chi connectivity index (χ3n) is 8.20. The first-order valence-corrected chi connectivity index (χ1v) is 12.4. The lowest BCUT2D eigenvalue weighted by Crippen LogP contribution is -2.71.